The molecule has 1 aliphatic carbocycles. The average Bonchev–Trinajstić information content (AvgIpc) is 3.23. The predicted octanol–water partition coefficient (Wildman–Crippen LogP) is 2.89. The number of nitrogens with zero attached hydrogens (tertiary/aromatic N) is 3. The highest BCUT2D eigenvalue weighted by atomic mass is 16.5. The van der Waals surface area contributed by atoms with E-state index in [2.05, 4.69) is 16.0 Å². The standard InChI is InChI=1S/C17H19N3O2/c1-5-15(12-6-7-12)22-17(21)14-8-13-9-18-20(10(2)3)16(13)19-11(14)4/h1,8-10,12,15H,6-7H2,2-4H3/t15-/m1/s1. The van der Waals surface area contributed by atoms with E-state index in [1.165, 1.54) is 0 Å². The maximum absolute atomic E-state index is 12.4. The van der Waals surface area contributed by atoms with Crippen molar-refractivity contribution in [3.05, 3.63) is 23.5 Å². The topological polar surface area (TPSA) is 57.0 Å². The second kappa shape index (κ2) is 5.45. The Hall–Kier alpha value is -2.35. The zero-order valence-corrected chi connectivity index (χ0v) is 13.0. The Balaban J connectivity index is 1.92. The first-order valence-corrected chi connectivity index (χ1v) is 7.53. The van der Waals surface area contributed by atoms with Crippen LogP contribution in [-0.2, 0) is 4.74 Å². The highest BCUT2D eigenvalue weighted by molar-refractivity contribution is 5.94. The number of pyridine rings is 1. The van der Waals surface area contributed by atoms with Crippen LogP contribution in [0.25, 0.3) is 11.0 Å². The fourth-order valence-electron chi connectivity index (χ4n) is 2.49. The van der Waals surface area contributed by atoms with Gasteiger partial charge in [-0.2, -0.15) is 5.10 Å². The number of aromatic nitrogens is 3. The van der Waals surface area contributed by atoms with E-state index in [4.69, 9.17) is 11.2 Å². The van der Waals surface area contributed by atoms with Crippen LogP contribution in [0.5, 0.6) is 0 Å². The number of aryl methyl sites for hydroxylation is 1. The van der Waals surface area contributed by atoms with Crippen molar-refractivity contribution in [2.45, 2.75) is 45.8 Å². The third-order valence-electron chi connectivity index (χ3n) is 3.92. The minimum absolute atomic E-state index is 0.211. The molecule has 2 heterocycles. The number of hydrogen-bond donors (Lipinski definition) is 0. The van der Waals surface area contributed by atoms with Gasteiger partial charge in [0.15, 0.2) is 11.8 Å². The van der Waals surface area contributed by atoms with Crippen molar-refractivity contribution in [3.8, 4) is 12.3 Å². The first-order chi connectivity index (χ1) is 10.5. The Morgan fingerprint density at radius 1 is 1.50 bits per heavy atom. The fraction of sp³-hybridized carbons (Fsp3) is 0.471. The monoisotopic (exact) mass is 297 g/mol. The highest BCUT2D eigenvalue weighted by Gasteiger charge is 2.33. The molecule has 1 aliphatic rings. The van der Waals surface area contributed by atoms with Gasteiger partial charge in [-0.1, -0.05) is 5.92 Å². The largest absolute Gasteiger partial charge is 0.445 e. The van der Waals surface area contributed by atoms with Crippen LogP contribution >= 0.6 is 0 Å². The maximum Gasteiger partial charge on any atom is 0.341 e. The molecule has 114 valence electrons. The van der Waals surface area contributed by atoms with Crippen LogP contribution in [0.1, 0.15) is 48.8 Å². The molecule has 0 saturated heterocycles. The van der Waals surface area contributed by atoms with E-state index in [1.54, 1.807) is 19.2 Å². The van der Waals surface area contributed by atoms with Gasteiger partial charge in [-0.05, 0) is 39.7 Å². The Bertz CT molecular complexity index is 766. The molecule has 1 fully saturated rings. The molecule has 1 atom stereocenters. The van der Waals surface area contributed by atoms with Gasteiger partial charge in [-0.25, -0.2) is 14.5 Å². The number of fused-ring (bicyclic) bond motifs is 1. The van der Waals surface area contributed by atoms with Gasteiger partial charge >= 0.3 is 5.97 Å². The maximum atomic E-state index is 12.4. The summed E-state index contributed by atoms with van der Waals surface area (Å²) in [6, 6.07) is 2.00. The SMILES string of the molecule is C#C[C@@H](OC(=O)c1cc2cnn(C(C)C)c2nc1C)C1CC1. The molecule has 2 aromatic heterocycles. The van der Waals surface area contributed by atoms with Gasteiger partial charge in [0, 0.05) is 17.3 Å². The minimum atomic E-state index is -0.430. The second-order valence-corrected chi connectivity index (χ2v) is 6.05. The third-order valence-corrected chi connectivity index (χ3v) is 3.92. The Kier molecular flexibility index (Phi) is 3.61. The van der Waals surface area contributed by atoms with Gasteiger partial charge in [0.2, 0.25) is 0 Å². The Labute approximate surface area is 129 Å². The lowest BCUT2D eigenvalue weighted by Gasteiger charge is -2.13. The van der Waals surface area contributed by atoms with E-state index in [-0.39, 0.29) is 6.04 Å². The van der Waals surface area contributed by atoms with E-state index in [0.29, 0.717) is 17.2 Å². The van der Waals surface area contributed by atoms with Gasteiger partial charge in [-0.3, -0.25) is 0 Å². The van der Waals surface area contributed by atoms with Crippen LogP contribution in [0.2, 0.25) is 0 Å². The van der Waals surface area contributed by atoms with E-state index >= 15 is 0 Å². The first kappa shape index (κ1) is 14.6. The van der Waals surface area contributed by atoms with Gasteiger partial charge < -0.3 is 4.74 Å². The summed E-state index contributed by atoms with van der Waals surface area (Å²) in [4.78, 5) is 16.9. The Morgan fingerprint density at radius 3 is 2.82 bits per heavy atom. The molecule has 1 saturated carbocycles. The van der Waals surface area contributed by atoms with Crippen LogP contribution in [-0.4, -0.2) is 26.8 Å². The Morgan fingerprint density at radius 2 is 2.23 bits per heavy atom. The van der Waals surface area contributed by atoms with E-state index in [1.807, 2.05) is 18.5 Å². The van der Waals surface area contributed by atoms with Crippen molar-refractivity contribution in [2.24, 2.45) is 5.92 Å². The average molecular weight is 297 g/mol. The summed E-state index contributed by atoms with van der Waals surface area (Å²) in [5, 5.41) is 5.15. The molecule has 0 aromatic carbocycles. The highest BCUT2D eigenvalue weighted by Crippen LogP contribution is 2.34. The summed E-state index contributed by atoms with van der Waals surface area (Å²) in [7, 11) is 0. The van der Waals surface area contributed by atoms with Crippen molar-refractivity contribution >= 4 is 17.0 Å². The first-order valence-electron chi connectivity index (χ1n) is 7.53. The van der Waals surface area contributed by atoms with Crippen molar-refractivity contribution in [3.63, 3.8) is 0 Å². The fourth-order valence-corrected chi connectivity index (χ4v) is 2.49. The molecule has 2 aromatic rings. The van der Waals surface area contributed by atoms with Crippen LogP contribution in [0.15, 0.2) is 12.3 Å². The molecule has 0 unspecified atom stereocenters. The van der Waals surface area contributed by atoms with E-state index < -0.39 is 12.1 Å². The quantitative estimate of drug-likeness (QED) is 0.643. The lowest BCUT2D eigenvalue weighted by atomic mass is 10.1. The molecule has 0 N–H and O–H groups in total. The smallest absolute Gasteiger partial charge is 0.341 e. The van der Waals surface area contributed by atoms with Crippen molar-refractivity contribution in [2.75, 3.05) is 0 Å². The van der Waals surface area contributed by atoms with Crippen LogP contribution in [0.4, 0.5) is 0 Å². The van der Waals surface area contributed by atoms with Crippen molar-refractivity contribution in [1.29, 1.82) is 0 Å². The van der Waals surface area contributed by atoms with Crippen molar-refractivity contribution < 1.29 is 9.53 Å². The lowest BCUT2D eigenvalue weighted by molar-refractivity contribution is 0.0373. The number of ether oxygens (including phenoxy) is 1. The summed E-state index contributed by atoms with van der Waals surface area (Å²) in [6.45, 7) is 5.88. The number of hydrogen-bond acceptors (Lipinski definition) is 4. The number of terminal acetylenes is 1. The summed E-state index contributed by atoms with van der Waals surface area (Å²) < 4.78 is 7.29. The molecule has 0 amide bonds. The summed E-state index contributed by atoms with van der Waals surface area (Å²) in [5.74, 6) is 2.47. The minimum Gasteiger partial charge on any atom is -0.445 e. The third kappa shape index (κ3) is 2.57. The molecule has 5 heteroatoms. The summed E-state index contributed by atoms with van der Waals surface area (Å²) in [5.41, 5.74) is 1.86. The van der Waals surface area contributed by atoms with Gasteiger partial charge in [0.05, 0.1) is 17.5 Å². The lowest BCUT2D eigenvalue weighted by Crippen LogP contribution is -2.19. The zero-order chi connectivity index (χ0) is 15.9. The second-order valence-electron chi connectivity index (χ2n) is 6.05. The van der Waals surface area contributed by atoms with Crippen LogP contribution in [0.3, 0.4) is 0 Å². The van der Waals surface area contributed by atoms with E-state index in [0.717, 1.165) is 23.9 Å². The van der Waals surface area contributed by atoms with Crippen LogP contribution < -0.4 is 0 Å². The number of carbonyl (C=O) groups is 1. The molecule has 0 spiro atoms. The molecular weight excluding hydrogens is 278 g/mol. The molecular formula is C17H19N3O2. The number of rotatable bonds is 4. The zero-order valence-electron chi connectivity index (χ0n) is 13.0. The van der Waals surface area contributed by atoms with Gasteiger partial charge in [-0.15, -0.1) is 6.42 Å². The predicted molar refractivity (Wildman–Crippen MR) is 83.4 cm³/mol. The molecule has 0 bridgehead atoms. The van der Waals surface area contributed by atoms with E-state index in [9.17, 15) is 4.79 Å². The molecule has 3 rings (SSSR count). The van der Waals surface area contributed by atoms with Gasteiger partial charge in [0.1, 0.15) is 0 Å². The number of carbonyl (C=O) groups excluding carboxylic acids is 1. The summed E-state index contributed by atoms with van der Waals surface area (Å²) >= 11 is 0. The normalized spacial score (nSPS) is 15.8. The molecule has 22 heavy (non-hydrogen) atoms. The van der Waals surface area contributed by atoms with Crippen LogP contribution in [0, 0.1) is 25.2 Å². The molecule has 0 radical (unpaired) electrons. The van der Waals surface area contributed by atoms with Crippen molar-refractivity contribution in [1.82, 2.24) is 14.8 Å². The summed E-state index contributed by atoms with van der Waals surface area (Å²) in [6.07, 6.45) is 8.79. The molecule has 0 aliphatic heterocycles. The van der Waals surface area contributed by atoms with Gasteiger partial charge in [0.25, 0.3) is 0 Å². The number of esters is 1. The molecule has 5 nitrogen and oxygen atoms in total.